The van der Waals surface area contributed by atoms with E-state index in [4.69, 9.17) is 9.47 Å². The van der Waals surface area contributed by atoms with E-state index in [9.17, 15) is 10.2 Å². The van der Waals surface area contributed by atoms with E-state index < -0.39 is 0 Å². The summed E-state index contributed by atoms with van der Waals surface area (Å²) < 4.78 is 10.0. The fraction of sp³-hybridized carbons (Fsp3) is 0.125. The van der Waals surface area contributed by atoms with Crippen molar-refractivity contribution >= 4 is 12.4 Å². The molecule has 22 heavy (non-hydrogen) atoms. The minimum absolute atomic E-state index is 0.00632. The Hall–Kier alpha value is -3.02. The van der Waals surface area contributed by atoms with Crippen molar-refractivity contribution in [3.8, 4) is 23.0 Å². The van der Waals surface area contributed by atoms with E-state index in [1.807, 2.05) is 0 Å². The number of rotatable bonds is 5. The van der Waals surface area contributed by atoms with Crippen LogP contribution >= 0.6 is 0 Å². The lowest BCUT2D eigenvalue weighted by Gasteiger charge is -2.04. The molecule has 0 amide bonds. The molecule has 0 spiro atoms. The van der Waals surface area contributed by atoms with Crippen LogP contribution in [0, 0.1) is 0 Å². The van der Waals surface area contributed by atoms with Crippen LogP contribution in [0.3, 0.4) is 0 Å². The highest BCUT2D eigenvalue weighted by atomic mass is 16.5. The maximum Gasteiger partial charge on any atom is 0.166 e. The van der Waals surface area contributed by atoms with Crippen molar-refractivity contribution in [3.05, 3.63) is 47.5 Å². The van der Waals surface area contributed by atoms with Crippen molar-refractivity contribution in [1.82, 2.24) is 0 Å². The molecule has 2 aromatic carbocycles. The van der Waals surface area contributed by atoms with E-state index in [0.717, 1.165) is 0 Å². The van der Waals surface area contributed by atoms with Crippen molar-refractivity contribution in [2.45, 2.75) is 0 Å². The van der Waals surface area contributed by atoms with Gasteiger partial charge in [-0.15, -0.1) is 0 Å². The molecule has 0 aliphatic carbocycles. The first-order chi connectivity index (χ1) is 10.7. The summed E-state index contributed by atoms with van der Waals surface area (Å²) in [6, 6.07) is 10.1. The van der Waals surface area contributed by atoms with Crippen LogP contribution in [-0.4, -0.2) is 36.9 Å². The van der Waals surface area contributed by atoms with Gasteiger partial charge in [0.2, 0.25) is 0 Å². The summed E-state index contributed by atoms with van der Waals surface area (Å²) in [5.74, 6) is 0.707. The van der Waals surface area contributed by atoms with Gasteiger partial charge in [0.1, 0.15) is 0 Å². The lowest BCUT2D eigenvalue weighted by Crippen LogP contribution is -1.89. The first-order valence-electron chi connectivity index (χ1n) is 6.45. The molecule has 0 saturated heterocycles. The summed E-state index contributed by atoms with van der Waals surface area (Å²) in [5.41, 5.74) is 0.956. The Morgan fingerprint density at radius 1 is 0.773 bits per heavy atom. The third kappa shape index (κ3) is 3.35. The van der Waals surface area contributed by atoms with E-state index in [0.29, 0.717) is 22.6 Å². The van der Waals surface area contributed by atoms with Crippen LogP contribution in [-0.2, 0) is 0 Å². The molecule has 0 radical (unpaired) electrons. The molecule has 0 fully saturated rings. The zero-order chi connectivity index (χ0) is 15.9. The monoisotopic (exact) mass is 300 g/mol. The molecule has 0 saturated carbocycles. The van der Waals surface area contributed by atoms with Gasteiger partial charge in [-0.2, -0.15) is 10.2 Å². The number of phenols is 2. The van der Waals surface area contributed by atoms with Crippen LogP contribution in [0.2, 0.25) is 0 Å². The zero-order valence-electron chi connectivity index (χ0n) is 12.2. The van der Waals surface area contributed by atoms with Gasteiger partial charge in [0.15, 0.2) is 23.0 Å². The molecule has 0 bridgehead atoms. The number of benzene rings is 2. The summed E-state index contributed by atoms with van der Waals surface area (Å²) in [6.07, 6.45) is 2.79. The second kappa shape index (κ2) is 7.12. The molecule has 2 aromatic rings. The standard InChI is InChI=1S/C16H16N2O4/c1-21-13-7-3-5-11(15(13)19)9-17-18-10-12-6-4-8-14(22-2)16(12)20/h3-10,19-20H,1-2H3/b17-9-,18-10+. The van der Waals surface area contributed by atoms with E-state index >= 15 is 0 Å². The topological polar surface area (TPSA) is 83.6 Å². The Labute approximate surface area is 128 Å². The van der Waals surface area contributed by atoms with Crippen LogP contribution in [0.1, 0.15) is 11.1 Å². The van der Waals surface area contributed by atoms with E-state index in [-0.39, 0.29) is 11.5 Å². The lowest BCUT2D eigenvalue weighted by molar-refractivity contribution is 0.373. The number of phenolic OH excluding ortho intramolecular Hbond substituents is 2. The van der Waals surface area contributed by atoms with E-state index in [1.54, 1.807) is 36.4 Å². The van der Waals surface area contributed by atoms with E-state index in [1.165, 1.54) is 26.6 Å². The summed E-state index contributed by atoms with van der Waals surface area (Å²) >= 11 is 0. The van der Waals surface area contributed by atoms with Gasteiger partial charge in [-0.25, -0.2) is 0 Å². The Bertz CT molecular complexity index is 650. The van der Waals surface area contributed by atoms with Crippen LogP contribution < -0.4 is 9.47 Å². The maximum atomic E-state index is 9.89. The van der Waals surface area contributed by atoms with Crippen molar-refractivity contribution in [2.75, 3.05) is 14.2 Å². The molecule has 0 unspecified atom stereocenters. The molecule has 0 atom stereocenters. The van der Waals surface area contributed by atoms with Gasteiger partial charge in [0, 0.05) is 11.1 Å². The zero-order valence-corrected chi connectivity index (χ0v) is 12.2. The van der Waals surface area contributed by atoms with Crippen LogP contribution in [0.4, 0.5) is 0 Å². The number of hydrogen-bond donors (Lipinski definition) is 2. The molecule has 6 nitrogen and oxygen atoms in total. The van der Waals surface area contributed by atoms with Crippen molar-refractivity contribution < 1.29 is 19.7 Å². The smallest absolute Gasteiger partial charge is 0.166 e. The molecule has 2 rings (SSSR count). The van der Waals surface area contributed by atoms with Crippen molar-refractivity contribution in [1.29, 1.82) is 0 Å². The largest absolute Gasteiger partial charge is 0.504 e. The fourth-order valence-corrected chi connectivity index (χ4v) is 1.81. The SMILES string of the molecule is COc1cccc(/C=N\N=C\c2cccc(OC)c2O)c1O. The Balaban J connectivity index is 2.16. The number of aromatic hydroxyl groups is 2. The second-order valence-electron chi connectivity index (χ2n) is 4.29. The van der Waals surface area contributed by atoms with Gasteiger partial charge in [-0.3, -0.25) is 0 Å². The summed E-state index contributed by atoms with van der Waals surface area (Å²) in [6.45, 7) is 0. The summed E-state index contributed by atoms with van der Waals surface area (Å²) in [7, 11) is 2.94. The minimum atomic E-state index is -0.00632. The molecule has 0 aliphatic rings. The molecule has 114 valence electrons. The van der Waals surface area contributed by atoms with Crippen LogP contribution in [0.25, 0.3) is 0 Å². The second-order valence-corrected chi connectivity index (χ2v) is 4.29. The normalized spacial score (nSPS) is 11.2. The van der Waals surface area contributed by atoms with Crippen molar-refractivity contribution in [3.63, 3.8) is 0 Å². The predicted molar refractivity (Wildman–Crippen MR) is 84.5 cm³/mol. The molecular formula is C16H16N2O4. The molecule has 2 N–H and O–H groups in total. The first-order valence-corrected chi connectivity index (χ1v) is 6.45. The average Bonchev–Trinajstić information content (AvgIpc) is 2.54. The van der Waals surface area contributed by atoms with Gasteiger partial charge in [-0.1, -0.05) is 12.1 Å². The third-order valence-electron chi connectivity index (χ3n) is 2.96. The average molecular weight is 300 g/mol. The molecular weight excluding hydrogens is 284 g/mol. The number of ether oxygens (including phenoxy) is 2. The first kappa shape index (κ1) is 15.4. The molecule has 0 aromatic heterocycles. The number of hydrogen-bond acceptors (Lipinski definition) is 6. The van der Waals surface area contributed by atoms with Gasteiger partial charge < -0.3 is 19.7 Å². The highest BCUT2D eigenvalue weighted by Gasteiger charge is 2.05. The number of para-hydroxylation sites is 2. The highest BCUT2D eigenvalue weighted by molar-refractivity contribution is 5.87. The quantitative estimate of drug-likeness (QED) is 0.656. The maximum absolute atomic E-state index is 9.89. The van der Waals surface area contributed by atoms with Gasteiger partial charge >= 0.3 is 0 Å². The highest BCUT2D eigenvalue weighted by Crippen LogP contribution is 2.29. The van der Waals surface area contributed by atoms with Crippen LogP contribution in [0.5, 0.6) is 23.0 Å². The Morgan fingerprint density at radius 2 is 1.18 bits per heavy atom. The summed E-state index contributed by atoms with van der Waals surface area (Å²) in [4.78, 5) is 0. The Morgan fingerprint density at radius 3 is 1.55 bits per heavy atom. The third-order valence-corrected chi connectivity index (χ3v) is 2.96. The molecule has 6 heteroatoms. The predicted octanol–water partition coefficient (Wildman–Crippen LogP) is 2.57. The lowest BCUT2D eigenvalue weighted by atomic mass is 10.2. The summed E-state index contributed by atoms with van der Waals surface area (Å²) in [5, 5.41) is 27.5. The number of methoxy groups -OCH3 is 2. The molecule has 0 heterocycles. The van der Waals surface area contributed by atoms with Crippen molar-refractivity contribution in [2.24, 2.45) is 10.2 Å². The van der Waals surface area contributed by atoms with Crippen LogP contribution in [0.15, 0.2) is 46.6 Å². The van der Waals surface area contributed by atoms with E-state index in [2.05, 4.69) is 10.2 Å². The minimum Gasteiger partial charge on any atom is -0.504 e. The van der Waals surface area contributed by atoms with Gasteiger partial charge in [0.25, 0.3) is 0 Å². The van der Waals surface area contributed by atoms with Gasteiger partial charge in [0.05, 0.1) is 26.6 Å². The number of nitrogens with zero attached hydrogens (tertiary/aromatic N) is 2. The van der Waals surface area contributed by atoms with Gasteiger partial charge in [-0.05, 0) is 24.3 Å². The Kier molecular flexibility index (Phi) is 4.98. The molecule has 0 aliphatic heterocycles. The fourth-order valence-electron chi connectivity index (χ4n) is 1.81.